The Morgan fingerprint density at radius 3 is 2.00 bits per heavy atom. The van der Waals surface area contributed by atoms with Crippen molar-refractivity contribution >= 4 is 0 Å². The van der Waals surface area contributed by atoms with Crippen molar-refractivity contribution in [2.45, 2.75) is 111 Å². The second-order valence-corrected chi connectivity index (χ2v) is 7.43. The lowest BCUT2D eigenvalue weighted by atomic mass is 9.76. The zero-order chi connectivity index (χ0) is 15.6. The summed E-state index contributed by atoms with van der Waals surface area (Å²) in [6, 6.07) is 0.761. The van der Waals surface area contributed by atoms with Crippen molar-refractivity contribution in [2.24, 2.45) is 11.3 Å². The summed E-state index contributed by atoms with van der Waals surface area (Å²) in [5.74, 6) is 0.874. The molecule has 0 amide bonds. The van der Waals surface area contributed by atoms with Gasteiger partial charge in [0.2, 0.25) is 0 Å². The minimum absolute atomic E-state index is 0.559. The molecule has 0 bridgehead atoms. The Morgan fingerprint density at radius 2 is 1.43 bits per heavy atom. The molecular weight excluding hydrogens is 254 g/mol. The molecule has 0 aromatic rings. The smallest absolute Gasteiger partial charge is 0.00953 e. The lowest BCUT2D eigenvalue weighted by Gasteiger charge is -2.36. The van der Waals surface area contributed by atoms with E-state index in [4.69, 9.17) is 0 Å². The zero-order valence-corrected chi connectivity index (χ0v) is 15.3. The highest BCUT2D eigenvalue weighted by atomic mass is 14.9. The predicted octanol–water partition coefficient (Wildman–Crippen LogP) is 6.32. The minimum Gasteiger partial charge on any atom is -0.313 e. The van der Waals surface area contributed by atoms with E-state index in [1.54, 1.807) is 0 Å². The Balaban J connectivity index is 2.71. The van der Waals surface area contributed by atoms with E-state index < -0.39 is 0 Å². The number of hydrogen-bond donors (Lipinski definition) is 1. The van der Waals surface area contributed by atoms with E-state index in [1.807, 2.05) is 0 Å². The Labute approximate surface area is 134 Å². The van der Waals surface area contributed by atoms with Crippen LogP contribution in [0, 0.1) is 11.3 Å². The van der Waals surface area contributed by atoms with Crippen LogP contribution in [0.5, 0.6) is 0 Å². The maximum atomic E-state index is 4.03. The van der Waals surface area contributed by atoms with Gasteiger partial charge in [0.05, 0.1) is 0 Å². The van der Waals surface area contributed by atoms with Crippen molar-refractivity contribution in [1.82, 2.24) is 5.32 Å². The van der Waals surface area contributed by atoms with Gasteiger partial charge in [0.1, 0.15) is 0 Å². The third-order valence-corrected chi connectivity index (χ3v) is 6.33. The van der Waals surface area contributed by atoms with Crippen molar-refractivity contribution in [1.29, 1.82) is 0 Å². The van der Waals surface area contributed by atoms with Crippen molar-refractivity contribution in [3.05, 3.63) is 0 Å². The van der Waals surface area contributed by atoms with Crippen LogP contribution in [0.1, 0.15) is 105 Å². The van der Waals surface area contributed by atoms with Gasteiger partial charge < -0.3 is 5.32 Å². The molecule has 1 rings (SSSR count). The van der Waals surface area contributed by atoms with E-state index >= 15 is 0 Å². The summed E-state index contributed by atoms with van der Waals surface area (Å²) in [5, 5.41) is 4.03. The van der Waals surface area contributed by atoms with Crippen molar-refractivity contribution in [2.75, 3.05) is 6.54 Å². The highest BCUT2D eigenvalue weighted by Crippen LogP contribution is 2.33. The van der Waals surface area contributed by atoms with E-state index in [-0.39, 0.29) is 0 Å². The monoisotopic (exact) mass is 295 g/mol. The molecule has 0 aliphatic carbocycles. The standard InChI is InChI=1S/C20H41N/c1-5-18(6-2)19-15-13-11-9-10-12-14-16-20(7-3,8-4)17-21-19/h18-19,21H,5-17H2,1-4H3. The first-order valence-corrected chi connectivity index (χ1v) is 9.94. The molecule has 1 fully saturated rings. The van der Waals surface area contributed by atoms with Gasteiger partial charge in [0.15, 0.2) is 0 Å². The average Bonchev–Trinajstić information content (AvgIpc) is 2.51. The molecule has 0 aromatic heterocycles. The highest BCUT2D eigenvalue weighted by molar-refractivity contribution is 4.84. The first-order valence-electron chi connectivity index (χ1n) is 9.94. The van der Waals surface area contributed by atoms with E-state index in [2.05, 4.69) is 33.0 Å². The van der Waals surface area contributed by atoms with Crippen molar-refractivity contribution in [3.63, 3.8) is 0 Å². The molecule has 1 aliphatic heterocycles. The van der Waals surface area contributed by atoms with E-state index in [0.717, 1.165) is 12.0 Å². The molecule has 1 atom stereocenters. The Kier molecular flexibility index (Phi) is 9.64. The lowest BCUT2D eigenvalue weighted by Crippen LogP contribution is -2.43. The van der Waals surface area contributed by atoms with Gasteiger partial charge >= 0.3 is 0 Å². The Hall–Kier alpha value is -0.0400. The molecule has 0 radical (unpaired) electrons. The third kappa shape index (κ3) is 6.30. The molecule has 1 heterocycles. The molecular formula is C20H41N. The molecule has 0 saturated carbocycles. The second kappa shape index (κ2) is 10.6. The lowest BCUT2D eigenvalue weighted by molar-refractivity contribution is 0.188. The summed E-state index contributed by atoms with van der Waals surface area (Å²) in [7, 11) is 0. The van der Waals surface area contributed by atoms with Crippen LogP contribution < -0.4 is 5.32 Å². The number of hydrogen-bond acceptors (Lipinski definition) is 1. The fraction of sp³-hybridized carbons (Fsp3) is 1.00. The predicted molar refractivity (Wildman–Crippen MR) is 95.8 cm³/mol. The van der Waals surface area contributed by atoms with Crippen LogP contribution in [-0.2, 0) is 0 Å². The first-order chi connectivity index (χ1) is 10.2. The largest absolute Gasteiger partial charge is 0.313 e. The SMILES string of the molecule is CCC(CC)C1CCCCCCCCC(CC)(CC)CN1. The van der Waals surface area contributed by atoms with Gasteiger partial charge in [-0.25, -0.2) is 0 Å². The molecule has 1 nitrogen and oxygen atoms in total. The summed E-state index contributed by atoms with van der Waals surface area (Å²) in [6.45, 7) is 10.8. The van der Waals surface area contributed by atoms with Crippen molar-refractivity contribution in [3.8, 4) is 0 Å². The zero-order valence-electron chi connectivity index (χ0n) is 15.3. The van der Waals surface area contributed by atoms with E-state index in [1.165, 1.54) is 83.6 Å². The maximum absolute atomic E-state index is 4.03. The van der Waals surface area contributed by atoms with Gasteiger partial charge in [0.25, 0.3) is 0 Å². The first kappa shape index (κ1) is 19.0. The number of nitrogens with one attached hydrogen (secondary N) is 1. The average molecular weight is 296 g/mol. The summed E-state index contributed by atoms with van der Waals surface area (Å²) in [6.07, 6.45) is 16.9. The minimum atomic E-state index is 0.559. The van der Waals surface area contributed by atoms with Gasteiger partial charge in [-0.15, -0.1) is 0 Å². The second-order valence-electron chi connectivity index (χ2n) is 7.43. The summed E-state index contributed by atoms with van der Waals surface area (Å²) in [4.78, 5) is 0. The van der Waals surface area contributed by atoms with Crippen LogP contribution in [-0.4, -0.2) is 12.6 Å². The van der Waals surface area contributed by atoms with Crippen LogP contribution in [0.4, 0.5) is 0 Å². The van der Waals surface area contributed by atoms with Crippen LogP contribution >= 0.6 is 0 Å². The van der Waals surface area contributed by atoms with Crippen molar-refractivity contribution < 1.29 is 0 Å². The molecule has 1 aliphatic rings. The molecule has 1 saturated heterocycles. The number of rotatable bonds is 5. The van der Waals surface area contributed by atoms with Gasteiger partial charge in [-0.3, -0.25) is 0 Å². The van der Waals surface area contributed by atoms with Crippen LogP contribution in [0.3, 0.4) is 0 Å². The summed E-state index contributed by atoms with van der Waals surface area (Å²) >= 11 is 0. The molecule has 126 valence electrons. The van der Waals surface area contributed by atoms with Gasteiger partial charge in [-0.1, -0.05) is 79.1 Å². The molecule has 1 heteroatoms. The summed E-state index contributed by atoms with van der Waals surface area (Å²) in [5.41, 5.74) is 0.559. The van der Waals surface area contributed by atoms with Crippen LogP contribution in [0.25, 0.3) is 0 Å². The van der Waals surface area contributed by atoms with Gasteiger partial charge in [0, 0.05) is 12.6 Å². The quantitative estimate of drug-likeness (QED) is 0.625. The topological polar surface area (TPSA) is 12.0 Å². The Bertz CT molecular complexity index is 240. The molecule has 0 aromatic carbocycles. The molecule has 1 N–H and O–H groups in total. The van der Waals surface area contributed by atoms with Gasteiger partial charge in [-0.05, 0) is 37.0 Å². The highest BCUT2D eigenvalue weighted by Gasteiger charge is 2.28. The maximum Gasteiger partial charge on any atom is 0.00953 e. The molecule has 1 unspecified atom stereocenters. The van der Waals surface area contributed by atoms with Gasteiger partial charge in [-0.2, -0.15) is 0 Å². The summed E-state index contributed by atoms with van der Waals surface area (Å²) < 4.78 is 0. The van der Waals surface area contributed by atoms with E-state index in [0.29, 0.717) is 5.41 Å². The van der Waals surface area contributed by atoms with Crippen LogP contribution in [0.15, 0.2) is 0 Å². The molecule has 0 spiro atoms. The Morgan fingerprint density at radius 1 is 0.857 bits per heavy atom. The third-order valence-electron chi connectivity index (χ3n) is 6.33. The fourth-order valence-corrected chi connectivity index (χ4v) is 4.22. The molecule has 21 heavy (non-hydrogen) atoms. The van der Waals surface area contributed by atoms with Crippen LogP contribution in [0.2, 0.25) is 0 Å². The fourth-order valence-electron chi connectivity index (χ4n) is 4.22. The normalized spacial score (nSPS) is 25.3. The van der Waals surface area contributed by atoms with E-state index in [9.17, 15) is 0 Å².